The zero-order valence-electron chi connectivity index (χ0n) is 6.09. The predicted molar refractivity (Wildman–Crippen MR) is 39.9 cm³/mol. The summed E-state index contributed by atoms with van der Waals surface area (Å²) in [6.45, 7) is 1.86. The minimum atomic E-state index is 0.526. The van der Waals surface area contributed by atoms with E-state index >= 15 is 0 Å². The molecule has 0 saturated carbocycles. The second kappa shape index (κ2) is 2.56. The summed E-state index contributed by atoms with van der Waals surface area (Å²) in [6.07, 6.45) is 0. The standard InChI is InChI=1S/C7H10N2O/c1-5-6(10-2)3-4-7(8)9-5/h3-4H,1-2H3,(H2,8,9). The summed E-state index contributed by atoms with van der Waals surface area (Å²) in [5.41, 5.74) is 6.24. The van der Waals surface area contributed by atoms with Crippen LogP contribution in [0.15, 0.2) is 12.1 Å². The minimum absolute atomic E-state index is 0.526. The Bertz CT molecular complexity index is 235. The maximum atomic E-state index is 5.42. The lowest BCUT2D eigenvalue weighted by atomic mass is 10.3. The number of nitrogens with two attached hydrogens (primary N) is 1. The fourth-order valence-electron chi connectivity index (χ4n) is 0.783. The van der Waals surface area contributed by atoms with Crippen molar-refractivity contribution in [2.24, 2.45) is 0 Å². The molecule has 1 rings (SSSR count). The lowest BCUT2D eigenvalue weighted by Gasteiger charge is -2.02. The topological polar surface area (TPSA) is 48.1 Å². The molecule has 0 aliphatic rings. The third kappa shape index (κ3) is 1.18. The van der Waals surface area contributed by atoms with Gasteiger partial charge >= 0.3 is 0 Å². The fraction of sp³-hybridized carbons (Fsp3) is 0.286. The lowest BCUT2D eigenvalue weighted by Crippen LogP contribution is -1.94. The first kappa shape index (κ1) is 6.86. The van der Waals surface area contributed by atoms with E-state index in [2.05, 4.69) is 4.98 Å². The number of nitrogens with zero attached hydrogens (tertiary/aromatic N) is 1. The second-order valence-corrected chi connectivity index (χ2v) is 2.02. The highest BCUT2D eigenvalue weighted by Crippen LogP contribution is 2.15. The molecule has 0 amide bonds. The highest BCUT2D eigenvalue weighted by molar-refractivity contribution is 5.37. The van der Waals surface area contributed by atoms with E-state index in [-0.39, 0.29) is 0 Å². The summed E-state index contributed by atoms with van der Waals surface area (Å²) in [5.74, 6) is 1.30. The normalized spacial score (nSPS) is 9.40. The molecule has 0 bridgehead atoms. The number of aromatic nitrogens is 1. The summed E-state index contributed by atoms with van der Waals surface area (Å²) < 4.78 is 4.98. The first-order valence-corrected chi connectivity index (χ1v) is 3.01. The first-order valence-electron chi connectivity index (χ1n) is 3.01. The maximum Gasteiger partial charge on any atom is 0.140 e. The van der Waals surface area contributed by atoms with Crippen LogP contribution in [0, 0.1) is 6.92 Å². The number of nitrogen functional groups attached to an aromatic ring is 1. The average Bonchev–Trinajstić information content (AvgIpc) is 1.88. The Balaban J connectivity index is 3.07. The van der Waals surface area contributed by atoms with Crippen molar-refractivity contribution in [1.82, 2.24) is 4.98 Å². The van der Waals surface area contributed by atoms with Gasteiger partial charge in [-0.2, -0.15) is 0 Å². The van der Waals surface area contributed by atoms with Gasteiger partial charge < -0.3 is 10.5 Å². The Morgan fingerprint density at radius 3 is 2.70 bits per heavy atom. The monoisotopic (exact) mass is 138 g/mol. The summed E-state index contributed by atoms with van der Waals surface area (Å²) in [7, 11) is 1.61. The van der Waals surface area contributed by atoms with Gasteiger partial charge in [-0.25, -0.2) is 4.98 Å². The van der Waals surface area contributed by atoms with Gasteiger partial charge in [0.1, 0.15) is 11.6 Å². The van der Waals surface area contributed by atoms with Crippen LogP contribution in [0.25, 0.3) is 0 Å². The van der Waals surface area contributed by atoms with Gasteiger partial charge in [0, 0.05) is 0 Å². The maximum absolute atomic E-state index is 5.42. The number of pyridine rings is 1. The Kier molecular flexibility index (Phi) is 1.76. The molecule has 0 saturated heterocycles. The summed E-state index contributed by atoms with van der Waals surface area (Å²) in [6, 6.07) is 3.52. The molecule has 1 aromatic rings. The van der Waals surface area contributed by atoms with Crippen molar-refractivity contribution in [1.29, 1.82) is 0 Å². The highest BCUT2D eigenvalue weighted by atomic mass is 16.5. The van der Waals surface area contributed by atoms with Crippen molar-refractivity contribution in [3.05, 3.63) is 17.8 Å². The van der Waals surface area contributed by atoms with Gasteiger partial charge in [-0.1, -0.05) is 0 Å². The van der Waals surface area contributed by atoms with Crippen molar-refractivity contribution in [2.75, 3.05) is 12.8 Å². The van der Waals surface area contributed by atoms with Gasteiger partial charge in [0.25, 0.3) is 0 Å². The summed E-state index contributed by atoms with van der Waals surface area (Å²) in [4.78, 5) is 4.00. The van der Waals surface area contributed by atoms with E-state index in [0.717, 1.165) is 11.4 Å². The Morgan fingerprint density at radius 1 is 1.50 bits per heavy atom. The van der Waals surface area contributed by atoms with Gasteiger partial charge in [-0.3, -0.25) is 0 Å². The SMILES string of the molecule is COc1ccc(N)nc1C. The molecule has 3 heteroatoms. The number of aryl methyl sites for hydroxylation is 1. The molecule has 0 aliphatic carbocycles. The highest BCUT2D eigenvalue weighted by Gasteiger charge is 1.96. The van der Waals surface area contributed by atoms with Gasteiger partial charge in [-0.05, 0) is 19.1 Å². The molecule has 0 radical (unpaired) electrons. The summed E-state index contributed by atoms with van der Waals surface area (Å²) >= 11 is 0. The quantitative estimate of drug-likeness (QED) is 0.629. The van der Waals surface area contributed by atoms with Crippen LogP contribution in [-0.2, 0) is 0 Å². The van der Waals surface area contributed by atoms with Gasteiger partial charge in [0.15, 0.2) is 0 Å². The molecule has 0 atom stereocenters. The predicted octanol–water partition coefficient (Wildman–Crippen LogP) is 0.981. The van der Waals surface area contributed by atoms with Crippen molar-refractivity contribution in [3.63, 3.8) is 0 Å². The molecule has 0 fully saturated rings. The van der Waals surface area contributed by atoms with Crippen LogP contribution >= 0.6 is 0 Å². The Labute approximate surface area is 59.8 Å². The van der Waals surface area contributed by atoms with Crippen LogP contribution in [0.1, 0.15) is 5.69 Å². The molecule has 1 aromatic heterocycles. The van der Waals surface area contributed by atoms with Crippen LogP contribution in [0.4, 0.5) is 5.82 Å². The number of rotatable bonds is 1. The van der Waals surface area contributed by atoms with Crippen LogP contribution in [0.2, 0.25) is 0 Å². The van der Waals surface area contributed by atoms with E-state index in [9.17, 15) is 0 Å². The van der Waals surface area contributed by atoms with E-state index in [1.54, 1.807) is 19.2 Å². The van der Waals surface area contributed by atoms with Gasteiger partial charge in [0.05, 0.1) is 12.8 Å². The van der Waals surface area contributed by atoms with E-state index in [0.29, 0.717) is 5.82 Å². The third-order valence-corrected chi connectivity index (χ3v) is 1.28. The third-order valence-electron chi connectivity index (χ3n) is 1.28. The number of methoxy groups -OCH3 is 1. The molecule has 10 heavy (non-hydrogen) atoms. The molecule has 0 unspecified atom stereocenters. The van der Waals surface area contributed by atoms with Crippen LogP contribution in [-0.4, -0.2) is 12.1 Å². The van der Waals surface area contributed by atoms with Crippen LogP contribution in [0.3, 0.4) is 0 Å². The lowest BCUT2D eigenvalue weighted by molar-refractivity contribution is 0.409. The smallest absolute Gasteiger partial charge is 0.140 e. The van der Waals surface area contributed by atoms with Crippen molar-refractivity contribution < 1.29 is 4.74 Å². The van der Waals surface area contributed by atoms with Crippen LogP contribution in [0.5, 0.6) is 5.75 Å². The van der Waals surface area contributed by atoms with Gasteiger partial charge in [0.2, 0.25) is 0 Å². The molecule has 0 spiro atoms. The van der Waals surface area contributed by atoms with E-state index in [1.807, 2.05) is 6.92 Å². The number of ether oxygens (including phenoxy) is 1. The molecule has 0 aromatic carbocycles. The molecule has 54 valence electrons. The second-order valence-electron chi connectivity index (χ2n) is 2.02. The van der Waals surface area contributed by atoms with Crippen LogP contribution < -0.4 is 10.5 Å². The zero-order chi connectivity index (χ0) is 7.56. The minimum Gasteiger partial charge on any atom is -0.495 e. The van der Waals surface area contributed by atoms with Crippen molar-refractivity contribution >= 4 is 5.82 Å². The molecular weight excluding hydrogens is 128 g/mol. The molecule has 0 aliphatic heterocycles. The van der Waals surface area contributed by atoms with E-state index in [4.69, 9.17) is 10.5 Å². The van der Waals surface area contributed by atoms with E-state index in [1.165, 1.54) is 0 Å². The van der Waals surface area contributed by atoms with E-state index < -0.39 is 0 Å². The molecular formula is C7H10N2O. The molecule has 2 N–H and O–H groups in total. The fourth-order valence-corrected chi connectivity index (χ4v) is 0.783. The number of anilines is 1. The van der Waals surface area contributed by atoms with Crippen molar-refractivity contribution in [3.8, 4) is 5.75 Å². The summed E-state index contributed by atoms with van der Waals surface area (Å²) in [5, 5.41) is 0. The average molecular weight is 138 g/mol. The van der Waals surface area contributed by atoms with Gasteiger partial charge in [-0.15, -0.1) is 0 Å². The van der Waals surface area contributed by atoms with Crippen molar-refractivity contribution in [2.45, 2.75) is 6.92 Å². The number of hydrogen-bond donors (Lipinski definition) is 1. The first-order chi connectivity index (χ1) is 4.74. The number of hydrogen-bond acceptors (Lipinski definition) is 3. The largest absolute Gasteiger partial charge is 0.495 e. The molecule has 3 nitrogen and oxygen atoms in total. The Morgan fingerprint density at radius 2 is 2.20 bits per heavy atom. The molecule has 1 heterocycles. The zero-order valence-corrected chi connectivity index (χ0v) is 6.09. The Hall–Kier alpha value is -1.25.